The first-order valence-corrected chi connectivity index (χ1v) is 9.05. The van der Waals surface area contributed by atoms with E-state index in [1.807, 2.05) is 6.07 Å². The molecular formula is C21H20FN3O. The number of halogens is 1. The lowest BCUT2D eigenvalue weighted by molar-refractivity contribution is 0.0677. The summed E-state index contributed by atoms with van der Waals surface area (Å²) in [4.78, 5) is 19.1. The van der Waals surface area contributed by atoms with E-state index in [0.717, 1.165) is 38.3 Å². The Morgan fingerprint density at radius 1 is 1.23 bits per heavy atom. The van der Waals surface area contributed by atoms with Gasteiger partial charge < -0.3 is 0 Å². The van der Waals surface area contributed by atoms with Gasteiger partial charge in [0.1, 0.15) is 6.07 Å². The molecule has 0 amide bonds. The number of fused-ring (bicyclic) bond motifs is 2. The van der Waals surface area contributed by atoms with Gasteiger partial charge in [-0.25, -0.2) is 9.37 Å². The van der Waals surface area contributed by atoms with E-state index >= 15 is 0 Å². The molecule has 4 nitrogen and oxygen atoms in total. The molecule has 3 heterocycles. The Kier molecular flexibility index (Phi) is 4.52. The van der Waals surface area contributed by atoms with Crippen molar-refractivity contribution < 1.29 is 9.18 Å². The van der Waals surface area contributed by atoms with Crippen LogP contribution in [0.15, 0.2) is 42.6 Å². The second-order valence-electron chi connectivity index (χ2n) is 7.24. The van der Waals surface area contributed by atoms with Crippen LogP contribution in [-0.4, -0.2) is 27.8 Å². The zero-order valence-electron chi connectivity index (χ0n) is 14.4. The van der Waals surface area contributed by atoms with Crippen LogP contribution in [0.5, 0.6) is 0 Å². The number of aromatic nitrogens is 1. The molecule has 5 heteroatoms. The quantitative estimate of drug-likeness (QED) is 0.790. The SMILES string of the molecule is N#Cc1ncc(C(=O)C2CC3CCC(C2)N3Cc2ccccc2)cc1F. The van der Waals surface area contributed by atoms with E-state index in [2.05, 4.69) is 34.1 Å². The van der Waals surface area contributed by atoms with Crippen molar-refractivity contribution in [2.45, 2.75) is 44.3 Å². The van der Waals surface area contributed by atoms with Gasteiger partial charge in [0, 0.05) is 36.3 Å². The lowest BCUT2D eigenvalue weighted by atomic mass is 9.85. The molecule has 1 aromatic carbocycles. The normalized spacial score (nSPS) is 25.0. The van der Waals surface area contributed by atoms with Crippen molar-refractivity contribution in [2.75, 3.05) is 0 Å². The maximum atomic E-state index is 13.8. The topological polar surface area (TPSA) is 57.0 Å². The minimum atomic E-state index is -0.720. The summed E-state index contributed by atoms with van der Waals surface area (Å²) in [5.74, 6) is -0.853. The van der Waals surface area contributed by atoms with Crippen molar-refractivity contribution in [3.63, 3.8) is 0 Å². The zero-order valence-corrected chi connectivity index (χ0v) is 14.4. The number of benzene rings is 1. The second kappa shape index (κ2) is 6.97. The molecule has 0 saturated carbocycles. The maximum Gasteiger partial charge on any atom is 0.176 e. The van der Waals surface area contributed by atoms with Crippen molar-refractivity contribution >= 4 is 5.78 Å². The summed E-state index contributed by atoms with van der Waals surface area (Å²) in [6.07, 6.45) is 5.18. The number of pyridine rings is 1. The number of nitrogens with zero attached hydrogens (tertiary/aromatic N) is 3. The van der Waals surface area contributed by atoms with Crippen LogP contribution in [0.3, 0.4) is 0 Å². The molecule has 2 atom stereocenters. The molecule has 132 valence electrons. The van der Waals surface area contributed by atoms with Gasteiger partial charge >= 0.3 is 0 Å². The fraction of sp³-hybridized carbons (Fsp3) is 0.381. The Hall–Kier alpha value is -2.58. The third kappa shape index (κ3) is 3.13. The maximum absolute atomic E-state index is 13.8. The van der Waals surface area contributed by atoms with Crippen molar-refractivity contribution in [1.29, 1.82) is 5.26 Å². The van der Waals surface area contributed by atoms with Crippen LogP contribution in [0.2, 0.25) is 0 Å². The lowest BCUT2D eigenvalue weighted by Gasteiger charge is -2.38. The highest BCUT2D eigenvalue weighted by molar-refractivity contribution is 5.97. The average molecular weight is 349 g/mol. The molecule has 0 aliphatic carbocycles. The fourth-order valence-electron chi connectivity index (χ4n) is 4.43. The predicted molar refractivity (Wildman–Crippen MR) is 94.8 cm³/mol. The number of hydrogen-bond acceptors (Lipinski definition) is 4. The molecule has 0 N–H and O–H groups in total. The van der Waals surface area contributed by atoms with Crippen molar-refractivity contribution in [2.24, 2.45) is 5.92 Å². The molecule has 1 aromatic heterocycles. The van der Waals surface area contributed by atoms with E-state index in [0.29, 0.717) is 12.1 Å². The van der Waals surface area contributed by atoms with Gasteiger partial charge in [0.15, 0.2) is 17.3 Å². The zero-order chi connectivity index (χ0) is 18.1. The number of rotatable bonds is 4. The molecule has 2 aliphatic heterocycles. The van der Waals surface area contributed by atoms with Crippen LogP contribution in [0.1, 0.15) is 47.3 Å². The standard InChI is InChI=1S/C21H20FN3O/c22-19-10-16(12-24-20(19)11-23)21(26)15-8-17-6-7-18(9-15)25(17)13-14-4-2-1-3-5-14/h1-5,10,12,15,17-18H,6-9,13H2. The summed E-state index contributed by atoms with van der Waals surface area (Å²) in [5.41, 5.74) is 1.31. The monoisotopic (exact) mass is 349 g/mol. The summed E-state index contributed by atoms with van der Waals surface area (Å²) in [7, 11) is 0. The number of Topliss-reactive ketones (excluding diaryl/α,β-unsaturated/α-hetero) is 1. The van der Waals surface area contributed by atoms with Crippen LogP contribution >= 0.6 is 0 Å². The molecule has 0 spiro atoms. The van der Waals surface area contributed by atoms with Crippen molar-refractivity contribution in [3.05, 3.63) is 65.2 Å². The van der Waals surface area contributed by atoms with E-state index in [9.17, 15) is 9.18 Å². The first-order chi connectivity index (χ1) is 12.7. The first kappa shape index (κ1) is 16.9. The van der Waals surface area contributed by atoms with Crippen molar-refractivity contribution in [3.8, 4) is 6.07 Å². The number of piperidine rings is 1. The van der Waals surface area contributed by atoms with Crippen LogP contribution in [0, 0.1) is 23.1 Å². The Labute approximate surface area is 152 Å². The second-order valence-corrected chi connectivity index (χ2v) is 7.24. The van der Waals surface area contributed by atoms with E-state index in [4.69, 9.17) is 5.26 Å². The summed E-state index contributed by atoms with van der Waals surface area (Å²) >= 11 is 0. The molecular weight excluding hydrogens is 329 g/mol. The average Bonchev–Trinajstić information content (AvgIpc) is 2.90. The Morgan fingerprint density at radius 2 is 1.92 bits per heavy atom. The third-order valence-electron chi connectivity index (χ3n) is 5.69. The molecule has 2 aromatic rings. The molecule has 2 fully saturated rings. The number of carbonyl (C=O) groups excluding carboxylic acids is 1. The lowest BCUT2D eigenvalue weighted by Crippen LogP contribution is -2.44. The van der Waals surface area contributed by atoms with Crippen LogP contribution in [-0.2, 0) is 6.54 Å². The number of hydrogen-bond donors (Lipinski definition) is 0. The van der Waals surface area contributed by atoms with Crippen LogP contribution < -0.4 is 0 Å². The van der Waals surface area contributed by atoms with Gasteiger partial charge in [-0.3, -0.25) is 9.69 Å². The van der Waals surface area contributed by atoms with Gasteiger partial charge in [-0.15, -0.1) is 0 Å². The molecule has 26 heavy (non-hydrogen) atoms. The number of carbonyl (C=O) groups is 1. The molecule has 2 bridgehead atoms. The fourth-order valence-corrected chi connectivity index (χ4v) is 4.43. The Morgan fingerprint density at radius 3 is 2.54 bits per heavy atom. The molecule has 4 rings (SSSR count). The van der Waals surface area contributed by atoms with Crippen LogP contribution in [0.4, 0.5) is 4.39 Å². The van der Waals surface area contributed by atoms with Gasteiger partial charge in [0.05, 0.1) is 0 Å². The molecule has 2 aliphatic rings. The highest BCUT2D eigenvalue weighted by Gasteiger charge is 2.42. The summed E-state index contributed by atoms with van der Waals surface area (Å²) < 4.78 is 13.8. The molecule has 2 saturated heterocycles. The van der Waals surface area contributed by atoms with E-state index < -0.39 is 5.82 Å². The highest BCUT2D eigenvalue weighted by atomic mass is 19.1. The molecule has 0 radical (unpaired) electrons. The Bertz CT molecular complexity index is 847. The largest absolute Gasteiger partial charge is 0.294 e. The highest BCUT2D eigenvalue weighted by Crippen LogP contribution is 2.40. The summed E-state index contributed by atoms with van der Waals surface area (Å²) in [6, 6.07) is 14.1. The summed E-state index contributed by atoms with van der Waals surface area (Å²) in [6.45, 7) is 0.921. The van der Waals surface area contributed by atoms with Gasteiger partial charge in [0.25, 0.3) is 0 Å². The van der Waals surface area contributed by atoms with E-state index in [1.54, 1.807) is 6.07 Å². The minimum Gasteiger partial charge on any atom is -0.294 e. The van der Waals surface area contributed by atoms with Crippen LogP contribution in [0.25, 0.3) is 0 Å². The molecule has 2 unspecified atom stereocenters. The third-order valence-corrected chi connectivity index (χ3v) is 5.69. The number of nitriles is 1. The smallest absolute Gasteiger partial charge is 0.176 e. The minimum absolute atomic E-state index is 0.0443. The van der Waals surface area contributed by atoms with E-state index in [-0.39, 0.29) is 23.0 Å². The van der Waals surface area contributed by atoms with Crippen molar-refractivity contribution in [1.82, 2.24) is 9.88 Å². The van der Waals surface area contributed by atoms with Gasteiger partial charge in [0.2, 0.25) is 0 Å². The van der Waals surface area contributed by atoms with Gasteiger partial charge in [-0.05, 0) is 37.3 Å². The summed E-state index contributed by atoms with van der Waals surface area (Å²) in [5, 5.41) is 8.78. The van der Waals surface area contributed by atoms with Gasteiger partial charge in [-0.2, -0.15) is 5.26 Å². The van der Waals surface area contributed by atoms with Gasteiger partial charge in [-0.1, -0.05) is 30.3 Å². The predicted octanol–water partition coefficient (Wildman–Crippen LogP) is 3.72. The first-order valence-electron chi connectivity index (χ1n) is 9.05. The number of ketones is 1. The van der Waals surface area contributed by atoms with E-state index in [1.165, 1.54) is 11.8 Å². The Balaban J connectivity index is 1.47.